The molecule has 1 rings (SSSR count). The van der Waals surface area contributed by atoms with Gasteiger partial charge in [-0.15, -0.1) is 0 Å². The van der Waals surface area contributed by atoms with Gasteiger partial charge in [0.05, 0.1) is 6.61 Å². The third kappa shape index (κ3) is 5.84. The fourth-order valence-electron chi connectivity index (χ4n) is 1.42. The van der Waals surface area contributed by atoms with Crippen molar-refractivity contribution in [1.82, 2.24) is 9.97 Å². The van der Waals surface area contributed by atoms with Gasteiger partial charge in [-0.25, -0.2) is 4.98 Å². The van der Waals surface area contributed by atoms with Crippen LogP contribution in [0.1, 0.15) is 46.4 Å². The summed E-state index contributed by atoms with van der Waals surface area (Å²) in [6.07, 6.45) is 2.08. The van der Waals surface area contributed by atoms with Crippen LogP contribution < -0.4 is 10.1 Å². The maximum atomic E-state index is 5.69. The Kier molecular flexibility index (Phi) is 5.38. The molecule has 1 aromatic rings. The van der Waals surface area contributed by atoms with Crippen LogP contribution in [-0.2, 0) is 0 Å². The first-order chi connectivity index (χ1) is 8.40. The highest BCUT2D eigenvalue weighted by Gasteiger charge is 2.10. The van der Waals surface area contributed by atoms with Crippen LogP contribution in [0.25, 0.3) is 0 Å². The molecule has 4 nitrogen and oxygen atoms in total. The summed E-state index contributed by atoms with van der Waals surface area (Å²) >= 11 is 0. The Hall–Kier alpha value is -1.32. The third-order valence-electron chi connectivity index (χ3n) is 2.47. The number of nitrogens with zero attached hydrogens (tertiary/aromatic N) is 2. The zero-order valence-electron chi connectivity index (χ0n) is 12.2. The summed E-state index contributed by atoms with van der Waals surface area (Å²) in [5.74, 6) is 2.24. The van der Waals surface area contributed by atoms with Gasteiger partial charge in [0.15, 0.2) is 0 Å². The van der Waals surface area contributed by atoms with Crippen molar-refractivity contribution >= 4 is 5.82 Å². The van der Waals surface area contributed by atoms with E-state index in [1.54, 1.807) is 0 Å². The van der Waals surface area contributed by atoms with Gasteiger partial charge in [-0.1, -0.05) is 27.7 Å². The molecule has 102 valence electrons. The molecule has 1 heterocycles. The van der Waals surface area contributed by atoms with E-state index < -0.39 is 0 Å². The number of hydrogen-bond acceptors (Lipinski definition) is 4. The minimum atomic E-state index is 0.283. The fraction of sp³-hybridized carbons (Fsp3) is 0.714. The van der Waals surface area contributed by atoms with Crippen LogP contribution in [0, 0.1) is 12.3 Å². The van der Waals surface area contributed by atoms with E-state index in [-0.39, 0.29) is 5.41 Å². The Morgan fingerprint density at radius 1 is 1.28 bits per heavy atom. The highest BCUT2D eigenvalue weighted by atomic mass is 16.5. The predicted octanol–water partition coefficient (Wildman–Crippen LogP) is 3.42. The van der Waals surface area contributed by atoms with E-state index in [2.05, 4.69) is 43.0 Å². The van der Waals surface area contributed by atoms with Crippen molar-refractivity contribution in [1.29, 1.82) is 0 Å². The quantitative estimate of drug-likeness (QED) is 0.841. The Bertz CT molecular complexity index is 372. The Labute approximate surface area is 110 Å². The molecule has 0 radical (unpaired) electrons. The van der Waals surface area contributed by atoms with Crippen LogP contribution in [-0.4, -0.2) is 23.1 Å². The number of aromatic nitrogens is 2. The molecule has 0 spiro atoms. The van der Waals surface area contributed by atoms with Crippen molar-refractivity contribution in [2.75, 3.05) is 18.5 Å². The van der Waals surface area contributed by atoms with E-state index in [1.807, 2.05) is 13.0 Å². The molecule has 18 heavy (non-hydrogen) atoms. The minimum absolute atomic E-state index is 0.283. The van der Waals surface area contributed by atoms with E-state index in [9.17, 15) is 0 Å². The summed E-state index contributed by atoms with van der Waals surface area (Å²) in [5.41, 5.74) is 0.283. The van der Waals surface area contributed by atoms with Crippen molar-refractivity contribution in [3.63, 3.8) is 0 Å². The minimum Gasteiger partial charge on any atom is -0.478 e. The van der Waals surface area contributed by atoms with E-state index in [0.717, 1.165) is 31.0 Å². The molecule has 1 aromatic heterocycles. The van der Waals surface area contributed by atoms with Crippen LogP contribution in [0.2, 0.25) is 0 Å². The van der Waals surface area contributed by atoms with Gasteiger partial charge in [-0.05, 0) is 25.2 Å². The number of aryl methyl sites for hydroxylation is 1. The smallest absolute Gasteiger partial charge is 0.218 e. The van der Waals surface area contributed by atoms with Gasteiger partial charge < -0.3 is 10.1 Å². The molecular formula is C14H25N3O. The molecule has 0 aliphatic carbocycles. The van der Waals surface area contributed by atoms with Gasteiger partial charge in [-0.2, -0.15) is 4.98 Å². The molecule has 0 amide bonds. The highest BCUT2D eigenvalue weighted by Crippen LogP contribution is 2.19. The van der Waals surface area contributed by atoms with Crippen LogP contribution in [0.5, 0.6) is 5.88 Å². The Morgan fingerprint density at radius 3 is 2.61 bits per heavy atom. The number of hydrogen-bond donors (Lipinski definition) is 1. The summed E-state index contributed by atoms with van der Waals surface area (Å²) in [6, 6.07) is 1.87. The van der Waals surface area contributed by atoms with Crippen LogP contribution in [0.3, 0.4) is 0 Å². The van der Waals surface area contributed by atoms with E-state index in [0.29, 0.717) is 12.5 Å². The SMILES string of the molecule is CCCNc1cc(OCCC(C)(C)C)nc(C)n1. The first kappa shape index (κ1) is 14.7. The van der Waals surface area contributed by atoms with Crippen LogP contribution in [0.15, 0.2) is 6.07 Å². The first-order valence-electron chi connectivity index (χ1n) is 6.63. The van der Waals surface area contributed by atoms with Gasteiger partial charge in [0.1, 0.15) is 11.6 Å². The number of rotatable bonds is 6. The average Bonchev–Trinajstić information content (AvgIpc) is 2.24. The molecular weight excluding hydrogens is 226 g/mol. The molecule has 4 heteroatoms. The van der Waals surface area contributed by atoms with Gasteiger partial charge in [0.2, 0.25) is 5.88 Å². The topological polar surface area (TPSA) is 47.0 Å². The lowest BCUT2D eigenvalue weighted by molar-refractivity contribution is 0.236. The summed E-state index contributed by atoms with van der Waals surface area (Å²) in [5, 5.41) is 3.25. The molecule has 0 fully saturated rings. The van der Waals surface area contributed by atoms with Crippen molar-refractivity contribution in [3.05, 3.63) is 11.9 Å². The lowest BCUT2D eigenvalue weighted by Gasteiger charge is -2.18. The van der Waals surface area contributed by atoms with Crippen LogP contribution >= 0.6 is 0 Å². The van der Waals surface area contributed by atoms with Gasteiger partial charge in [0.25, 0.3) is 0 Å². The average molecular weight is 251 g/mol. The number of anilines is 1. The maximum absolute atomic E-state index is 5.69. The van der Waals surface area contributed by atoms with Crippen molar-refractivity contribution in [3.8, 4) is 5.88 Å². The largest absolute Gasteiger partial charge is 0.478 e. The number of nitrogens with one attached hydrogen (secondary N) is 1. The second-order valence-corrected chi connectivity index (χ2v) is 5.72. The van der Waals surface area contributed by atoms with E-state index in [4.69, 9.17) is 4.74 Å². The highest BCUT2D eigenvalue weighted by molar-refractivity contribution is 5.38. The second-order valence-electron chi connectivity index (χ2n) is 5.72. The normalized spacial score (nSPS) is 11.4. The lowest BCUT2D eigenvalue weighted by atomic mass is 9.93. The van der Waals surface area contributed by atoms with E-state index in [1.165, 1.54) is 0 Å². The summed E-state index contributed by atoms with van der Waals surface area (Å²) in [7, 11) is 0. The van der Waals surface area contributed by atoms with Crippen LogP contribution in [0.4, 0.5) is 5.82 Å². The summed E-state index contributed by atoms with van der Waals surface area (Å²) < 4.78 is 5.69. The van der Waals surface area contributed by atoms with Gasteiger partial charge in [0, 0.05) is 12.6 Å². The van der Waals surface area contributed by atoms with Crippen molar-refractivity contribution < 1.29 is 4.74 Å². The summed E-state index contributed by atoms with van der Waals surface area (Å²) in [4.78, 5) is 8.61. The monoisotopic (exact) mass is 251 g/mol. The maximum Gasteiger partial charge on any atom is 0.218 e. The fourth-order valence-corrected chi connectivity index (χ4v) is 1.42. The zero-order chi connectivity index (χ0) is 13.6. The second kappa shape index (κ2) is 6.57. The predicted molar refractivity (Wildman–Crippen MR) is 75.1 cm³/mol. The molecule has 0 aromatic carbocycles. The van der Waals surface area contributed by atoms with Gasteiger partial charge >= 0.3 is 0 Å². The molecule has 0 saturated carbocycles. The molecule has 0 unspecified atom stereocenters. The molecule has 0 atom stereocenters. The van der Waals surface area contributed by atoms with Crippen molar-refractivity contribution in [2.45, 2.75) is 47.5 Å². The summed E-state index contributed by atoms with van der Waals surface area (Å²) in [6.45, 7) is 12.2. The lowest BCUT2D eigenvalue weighted by Crippen LogP contribution is -2.12. The molecule has 0 aliphatic heterocycles. The molecule has 0 saturated heterocycles. The first-order valence-corrected chi connectivity index (χ1v) is 6.63. The zero-order valence-corrected chi connectivity index (χ0v) is 12.2. The van der Waals surface area contributed by atoms with Crippen molar-refractivity contribution in [2.24, 2.45) is 5.41 Å². The molecule has 1 N–H and O–H groups in total. The standard InChI is InChI=1S/C14H25N3O/c1-6-8-15-12-10-13(17-11(2)16-12)18-9-7-14(3,4)5/h10H,6-9H2,1-5H3,(H,15,16,17). The molecule has 0 aliphatic rings. The van der Waals surface area contributed by atoms with E-state index >= 15 is 0 Å². The van der Waals surface area contributed by atoms with Gasteiger partial charge in [-0.3, -0.25) is 0 Å². The Balaban J connectivity index is 2.57. The third-order valence-corrected chi connectivity index (χ3v) is 2.47. The number of ether oxygens (including phenoxy) is 1. The molecule has 0 bridgehead atoms. The Morgan fingerprint density at radius 2 is 2.00 bits per heavy atom.